The molecule has 0 aliphatic carbocycles. The summed E-state index contributed by atoms with van der Waals surface area (Å²) in [5.74, 6) is 0. The third-order valence-corrected chi connectivity index (χ3v) is 4.04. The van der Waals surface area contributed by atoms with Gasteiger partial charge in [0.05, 0.1) is 16.8 Å². The van der Waals surface area contributed by atoms with E-state index in [0.717, 1.165) is 31.5 Å². The van der Waals surface area contributed by atoms with Crippen molar-refractivity contribution in [1.29, 1.82) is 5.26 Å². The number of benzene rings is 1. The van der Waals surface area contributed by atoms with Gasteiger partial charge in [-0.05, 0) is 45.0 Å². The zero-order chi connectivity index (χ0) is 15.6. The van der Waals surface area contributed by atoms with Gasteiger partial charge in [0.2, 0.25) is 0 Å². The van der Waals surface area contributed by atoms with Gasteiger partial charge in [-0.15, -0.1) is 0 Å². The Kier molecular flexibility index (Phi) is 4.43. The van der Waals surface area contributed by atoms with Crippen molar-refractivity contribution in [3.05, 3.63) is 29.3 Å². The largest absolute Gasteiger partial charge is 0.416 e. The van der Waals surface area contributed by atoms with E-state index in [2.05, 4.69) is 24.2 Å². The highest BCUT2D eigenvalue weighted by molar-refractivity contribution is 5.59. The molecule has 2 atom stereocenters. The lowest BCUT2D eigenvalue weighted by Crippen LogP contribution is -2.42. The summed E-state index contributed by atoms with van der Waals surface area (Å²) in [6.07, 6.45) is -2.61. The smallest absolute Gasteiger partial charge is 0.381 e. The van der Waals surface area contributed by atoms with Crippen LogP contribution >= 0.6 is 0 Å². The first-order valence-corrected chi connectivity index (χ1v) is 6.89. The van der Waals surface area contributed by atoms with Gasteiger partial charge in [-0.2, -0.15) is 18.4 Å². The molecule has 0 bridgehead atoms. The van der Waals surface area contributed by atoms with E-state index in [1.807, 2.05) is 6.07 Å². The van der Waals surface area contributed by atoms with Gasteiger partial charge in [-0.1, -0.05) is 0 Å². The predicted molar refractivity (Wildman–Crippen MR) is 74.9 cm³/mol. The third kappa shape index (κ3) is 3.67. The molecular formula is C15H18F3N3. The summed E-state index contributed by atoms with van der Waals surface area (Å²) in [4.78, 5) is 2.25. The lowest BCUT2D eigenvalue weighted by molar-refractivity contribution is -0.137. The molecule has 3 nitrogen and oxygen atoms in total. The number of anilines is 1. The number of rotatable bonds is 2. The molecule has 1 aliphatic heterocycles. The molecule has 1 aliphatic rings. The van der Waals surface area contributed by atoms with E-state index in [-0.39, 0.29) is 11.6 Å². The predicted octanol–water partition coefficient (Wildman–Crippen LogP) is 3.47. The van der Waals surface area contributed by atoms with Crippen LogP contribution in [-0.2, 0) is 6.18 Å². The van der Waals surface area contributed by atoms with Gasteiger partial charge in [-0.25, -0.2) is 0 Å². The Balaban J connectivity index is 2.16. The molecule has 0 amide bonds. The second kappa shape index (κ2) is 5.94. The van der Waals surface area contributed by atoms with Gasteiger partial charge in [0.1, 0.15) is 6.07 Å². The number of piperidine rings is 1. The van der Waals surface area contributed by atoms with Crippen LogP contribution in [0.2, 0.25) is 0 Å². The van der Waals surface area contributed by atoms with Crippen LogP contribution < -0.4 is 5.32 Å². The molecule has 1 aromatic carbocycles. The first kappa shape index (κ1) is 15.6. The minimum absolute atomic E-state index is 0.0383. The van der Waals surface area contributed by atoms with Crippen molar-refractivity contribution in [2.24, 2.45) is 0 Å². The molecule has 1 N–H and O–H groups in total. The molecule has 0 radical (unpaired) electrons. The molecule has 6 heteroatoms. The van der Waals surface area contributed by atoms with Gasteiger partial charge in [0, 0.05) is 18.6 Å². The molecule has 1 heterocycles. The lowest BCUT2D eigenvalue weighted by Gasteiger charge is -2.36. The van der Waals surface area contributed by atoms with Crippen molar-refractivity contribution in [2.75, 3.05) is 18.9 Å². The van der Waals surface area contributed by atoms with E-state index in [9.17, 15) is 13.2 Å². The summed E-state index contributed by atoms with van der Waals surface area (Å²) in [7, 11) is 2.06. The Hall–Kier alpha value is -1.74. The third-order valence-electron chi connectivity index (χ3n) is 4.04. The van der Waals surface area contributed by atoms with Gasteiger partial charge in [0.25, 0.3) is 0 Å². The van der Waals surface area contributed by atoms with Crippen LogP contribution in [0, 0.1) is 11.3 Å². The number of halogens is 3. The number of nitrogens with zero attached hydrogens (tertiary/aromatic N) is 2. The van der Waals surface area contributed by atoms with Gasteiger partial charge >= 0.3 is 6.18 Å². The highest BCUT2D eigenvalue weighted by Crippen LogP contribution is 2.32. The summed E-state index contributed by atoms with van der Waals surface area (Å²) >= 11 is 0. The molecule has 2 rings (SSSR count). The number of likely N-dealkylation sites (tertiary alicyclic amines) is 1. The maximum Gasteiger partial charge on any atom is 0.416 e. The number of nitrogens with one attached hydrogen (secondary N) is 1. The molecular weight excluding hydrogens is 279 g/mol. The van der Waals surface area contributed by atoms with Crippen LogP contribution in [0.5, 0.6) is 0 Å². The zero-order valence-electron chi connectivity index (χ0n) is 12.0. The van der Waals surface area contributed by atoms with Crippen LogP contribution in [-0.4, -0.2) is 30.6 Å². The lowest BCUT2D eigenvalue weighted by atomic mass is 9.98. The molecule has 1 aromatic rings. The standard InChI is InChI=1S/C15H18F3N3/c1-10-7-13(5-6-21(10)2)20-14-4-3-12(15(16,17)18)8-11(14)9-19/h3-4,8,10,13,20H,5-7H2,1-2H3. The fourth-order valence-corrected chi connectivity index (χ4v) is 2.58. The van der Waals surface area contributed by atoms with Crippen molar-refractivity contribution in [1.82, 2.24) is 4.90 Å². The second-order valence-electron chi connectivity index (χ2n) is 5.57. The second-order valence-corrected chi connectivity index (χ2v) is 5.57. The number of nitriles is 1. The Morgan fingerprint density at radius 1 is 1.38 bits per heavy atom. The van der Waals surface area contributed by atoms with E-state index in [1.54, 1.807) is 0 Å². The van der Waals surface area contributed by atoms with Crippen LogP contribution in [0.4, 0.5) is 18.9 Å². The SMILES string of the molecule is CC1CC(Nc2ccc(C(F)(F)F)cc2C#N)CCN1C. The van der Waals surface area contributed by atoms with Gasteiger partial charge in [-0.3, -0.25) is 0 Å². The molecule has 0 spiro atoms. The molecule has 1 saturated heterocycles. The van der Waals surface area contributed by atoms with E-state index in [4.69, 9.17) is 5.26 Å². The van der Waals surface area contributed by atoms with Gasteiger partial charge < -0.3 is 10.2 Å². The molecule has 2 unspecified atom stereocenters. The Morgan fingerprint density at radius 3 is 2.67 bits per heavy atom. The number of hydrogen-bond donors (Lipinski definition) is 1. The minimum atomic E-state index is -4.42. The molecule has 0 saturated carbocycles. The fourth-order valence-electron chi connectivity index (χ4n) is 2.58. The van der Waals surface area contributed by atoms with Gasteiger partial charge in [0.15, 0.2) is 0 Å². The van der Waals surface area contributed by atoms with Crippen LogP contribution in [0.1, 0.15) is 30.9 Å². The molecule has 1 fully saturated rings. The van der Waals surface area contributed by atoms with E-state index >= 15 is 0 Å². The normalized spacial score (nSPS) is 23.6. The summed E-state index contributed by atoms with van der Waals surface area (Å²) in [5.41, 5.74) is -0.273. The maximum absolute atomic E-state index is 12.7. The van der Waals surface area contributed by atoms with Crippen LogP contribution in [0.3, 0.4) is 0 Å². The summed E-state index contributed by atoms with van der Waals surface area (Å²) < 4.78 is 38.0. The Bertz CT molecular complexity index is 548. The summed E-state index contributed by atoms with van der Waals surface area (Å²) in [6, 6.07) is 5.71. The zero-order valence-corrected chi connectivity index (χ0v) is 12.0. The molecule has 0 aromatic heterocycles. The highest BCUT2D eigenvalue weighted by atomic mass is 19.4. The Labute approximate surface area is 122 Å². The number of alkyl halides is 3. The van der Waals surface area contributed by atoms with E-state index in [0.29, 0.717) is 11.7 Å². The van der Waals surface area contributed by atoms with Crippen molar-refractivity contribution >= 4 is 5.69 Å². The highest BCUT2D eigenvalue weighted by Gasteiger charge is 2.31. The molecule has 21 heavy (non-hydrogen) atoms. The first-order valence-electron chi connectivity index (χ1n) is 6.89. The van der Waals surface area contributed by atoms with Crippen LogP contribution in [0.15, 0.2) is 18.2 Å². The van der Waals surface area contributed by atoms with E-state index in [1.165, 1.54) is 6.07 Å². The first-order chi connectivity index (χ1) is 9.81. The maximum atomic E-state index is 12.7. The topological polar surface area (TPSA) is 39.1 Å². The number of hydrogen-bond acceptors (Lipinski definition) is 3. The van der Waals surface area contributed by atoms with Crippen molar-refractivity contribution in [3.8, 4) is 6.07 Å². The minimum Gasteiger partial charge on any atom is -0.381 e. The van der Waals surface area contributed by atoms with E-state index < -0.39 is 11.7 Å². The van der Waals surface area contributed by atoms with Crippen molar-refractivity contribution in [3.63, 3.8) is 0 Å². The summed E-state index contributed by atoms with van der Waals surface area (Å²) in [5, 5.41) is 12.3. The average molecular weight is 297 g/mol. The van der Waals surface area contributed by atoms with Crippen LogP contribution in [0.25, 0.3) is 0 Å². The molecule has 114 valence electrons. The monoisotopic (exact) mass is 297 g/mol. The van der Waals surface area contributed by atoms with Crippen molar-refractivity contribution in [2.45, 2.75) is 38.0 Å². The average Bonchev–Trinajstić information content (AvgIpc) is 2.42. The fraction of sp³-hybridized carbons (Fsp3) is 0.533. The quantitative estimate of drug-likeness (QED) is 0.908. The summed E-state index contributed by atoms with van der Waals surface area (Å²) in [6.45, 7) is 3.05. The Morgan fingerprint density at radius 2 is 2.10 bits per heavy atom. The van der Waals surface area contributed by atoms with Crippen molar-refractivity contribution < 1.29 is 13.2 Å².